The molecule has 0 saturated carbocycles. The second-order valence-corrected chi connectivity index (χ2v) is 8.32. The van der Waals surface area contributed by atoms with Crippen LogP contribution in [0.15, 0.2) is 0 Å². The summed E-state index contributed by atoms with van der Waals surface area (Å²) in [4.78, 5) is 0. The van der Waals surface area contributed by atoms with Gasteiger partial charge in [0.1, 0.15) is 67.1 Å². The molecule has 0 spiro atoms. The van der Waals surface area contributed by atoms with E-state index in [-0.39, 0.29) is 0 Å². The Hall–Kier alpha value is -0.600. The molecule has 33 heavy (non-hydrogen) atoms. The van der Waals surface area contributed by atoms with Gasteiger partial charge in [-0.1, -0.05) is 0 Å². The Morgan fingerprint density at radius 1 is 0.545 bits per heavy atom. The van der Waals surface area contributed by atoms with Gasteiger partial charge in [0.05, 0.1) is 19.3 Å². The molecule has 3 fully saturated rings. The molecular weight excluding hydrogens is 456 g/mol. The summed E-state index contributed by atoms with van der Waals surface area (Å²) in [7, 11) is 0. The third-order valence-corrected chi connectivity index (χ3v) is 6.06. The van der Waals surface area contributed by atoms with Crippen molar-refractivity contribution < 1.29 is 74.7 Å². The predicted molar refractivity (Wildman–Crippen MR) is 99.8 cm³/mol. The first-order chi connectivity index (χ1) is 15.5. The van der Waals surface area contributed by atoms with Crippen molar-refractivity contribution in [1.29, 1.82) is 0 Å². The summed E-state index contributed by atoms with van der Waals surface area (Å²) in [6.45, 7) is -0.115. The Bertz CT molecular complexity index is 624. The SMILES string of the molecule is C[C@H]1O[C@@H](O[C@@H]2[C@@H](O[C@@H]3O[C@@H](CO)[C@H](O)[C@H](O)[C@@H]3O)[C@@H](O)[C@@H](CO)O[C@@H]2O)[C@H](O)[C@@H](O)[C@@H]1O. The van der Waals surface area contributed by atoms with Crippen molar-refractivity contribution in [2.75, 3.05) is 13.2 Å². The van der Waals surface area contributed by atoms with Gasteiger partial charge in [-0.15, -0.1) is 0 Å². The van der Waals surface area contributed by atoms with E-state index in [1.807, 2.05) is 0 Å². The lowest BCUT2D eigenvalue weighted by molar-refractivity contribution is -0.386. The lowest BCUT2D eigenvalue weighted by atomic mass is 9.96. The molecule has 3 saturated heterocycles. The molecule has 3 rings (SSSR count). The molecule has 10 N–H and O–H groups in total. The molecule has 0 aromatic carbocycles. The van der Waals surface area contributed by atoms with Crippen molar-refractivity contribution in [3.63, 3.8) is 0 Å². The Labute approximate surface area is 187 Å². The predicted octanol–water partition coefficient (Wildman–Crippen LogP) is -6.55. The molecule has 0 aromatic heterocycles. The fourth-order valence-electron chi connectivity index (χ4n) is 3.97. The molecular formula is C18H32O15. The number of aliphatic hydroxyl groups excluding tert-OH is 10. The minimum atomic E-state index is -1.88. The smallest absolute Gasteiger partial charge is 0.187 e. The molecule has 3 aliphatic heterocycles. The molecule has 0 bridgehead atoms. The number of hydrogen-bond acceptors (Lipinski definition) is 15. The average Bonchev–Trinajstić information content (AvgIpc) is 2.79. The van der Waals surface area contributed by atoms with Crippen LogP contribution in [0.2, 0.25) is 0 Å². The van der Waals surface area contributed by atoms with E-state index in [0.29, 0.717) is 0 Å². The van der Waals surface area contributed by atoms with Gasteiger partial charge in [-0.2, -0.15) is 0 Å². The highest BCUT2D eigenvalue weighted by molar-refractivity contribution is 4.96. The maximum absolute atomic E-state index is 10.6. The summed E-state index contributed by atoms with van der Waals surface area (Å²) in [5.74, 6) is 0. The molecule has 0 unspecified atom stereocenters. The molecule has 15 atom stereocenters. The van der Waals surface area contributed by atoms with Crippen LogP contribution in [-0.2, 0) is 23.7 Å². The maximum atomic E-state index is 10.6. The quantitative estimate of drug-likeness (QED) is 0.167. The van der Waals surface area contributed by atoms with Crippen molar-refractivity contribution in [2.24, 2.45) is 0 Å². The molecule has 0 aromatic rings. The molecule has 15 nitrogen and oxygen atoms in total. The van der Waals surface area contributed by atoms with Gasteiger partial charge >= 0.3 is 0 Å². The standard InChI is InChI=1S/C18H32O15/c1-4-7(21)10(24)12(26)17(29-4)33-15-14(9(23)6(3-20)30-16(15)28)32-18-13(27)11(25)8(22)5(2-19)31-18/h4-28H,2-3H2,1H3/t4-,5+,6-,7-,8+,9+,10+,11+,12-,13+,14+,15-,16+,17+,18+/m1/s1. The normalized spacial score (nSPS) is 53.7. The molecule has 0 amide bonds. The average molecular weight is 488 g/mol. The van der Waals surface area contributed by atoms with Crippen LogP contribution in [-0.4, -0.2) is 156 Å². The number of ether oxygens (including phenoxy) is 5. The zero-order chi connectivity index (χ0) is 24.6. The molecule has 3 heterocycles. The Morgan fingerprint density at radius 2 is 1.03 bits per heavy atom. The monoisotopic (exact) mass is 488 g/mol. The molecule has 0 radical (unpaired) electrons. The third kappa shape index (κ3) is 5.32. The first-order valence-electron chi connectivity index (χ1n) is 10.4. The van der Waals surface area contributed by atoms with Gasteiger partial charge in [0, 0.05) is 0 Å². The van der Waals surface area contributed by atoms with Crippen LogP contribution in [0.25, 0.3) is 0 Å². The molecule has 3 aliphatic rings. The van der Waals surface area contributed by atoms with Gasteiger partial charge in [-0.05, 0) is 6.92 Å². The summed E-state index contributed by atoms with van der Waals surface area (Å²) in [5, 5.41) is 100.0. The Morgan fingerprint density at radius 3 is 1.61 bits per heavy atom. The highest BCUT2D eigenvalue weighted by Gasteiger charge is 2.53. The minimum absolute atomic E-state index is 0.747. The third-order valence-electron chi connectivity index (χ3n) is 6.06. The zero-order valence-corrected chi connectivity index (χ0v) is 17.6. The minimum Gasteiger partial charge on any atom is -0.394 e. The van der Waals surface area contributed by atoms with Crippen molar-refractivity contribution >= 4 is 0 Å². The highest BCUT2D eigenvalue weighted by atomic mass is 16.8. The lowest BCUT2D eigenvalue weighted by Crippen LogP contribution is -2.66. The Kier molecular flexibility index (Phi) is 8.99. The van der Waals surface area contributed by atoms with E-state index in [9.17, 15) is 51.1 Å². The fraction of sp³-hybridized carbons (Fsp3) is 1.00. The summed E-state index contributed by atoms with van der Waals surface area (Å²) in [5.41, 5.74) is 0. The molecule has 0 aliphatic carbocycles. The first-order valence-corrected chi connectivity index (χ1v) is 10.4. The van der Waals surface area contributed by atoms with Gasteiger partial charge in [-0.25, -0.2) is 0 Å². The zero-order valence-electron chi connectivity index (χ0n) is 17.6. The van der Waals surface area contributed by atoms with Gasteiger partial charge in [0.2, 0.25) is 0 Å². The van der Waals surface area contributed by atoms with Crippen LogP contribution in [0, 0.1) is 0 Å². The highest BCUT2D eigenvalue weighted by Crippen LogP contribution is 2.32. The number of hydrogen-bond donors (Lipinski definition) is 10. The van der Waals surface area contributed by atoms with Gasteiger partial charge in [-0.3, -0.25) is 0 Å². The van der Waals surface area contributed by atoms with Crippen LogP contribution in [0.5, 0.6) is 0 Å². The van der Waals surface area contributed by atoms with Crippen molar-refractivity contribution in [3.8, 4) is 0 Å². The summed E-state index contributed by atoms with van der Waals surface area (Å²) in [6.07, 6.45) is -24.1. The van der Waals surface area contributed by atoms with E-state index < -0.39 is 105 Å². The van der Waals surface area contributed by atoms with Crippen LogP contribution < -0.4 is 0 Å². The summed E-state index contributed by atoms with van der Waals surface area (Å²) in [6, 6.07) is 0. The largest absolute Gasteiger partial charge is 0.394 e. The van der Waals surface area contributed by atoms with Gasteiger partial charge in [0.25, 0.3) is 0 Å². The van der Waals surface area contributed by atoms with Crippen LogP contribution in [0.4, 0.5) is 0 Å². The maximum Gasteiger partial charge on any atom is 0.187 e. The summed E-state index contributed by atoms with van der Waals surface area (Å²) < 4.78 is 26.7. The van der Waals surface area contributed by atoms with Gasteiger partial charge in [0.15, 0.2) is 18.9 Å². The van der Waals surface area contributed by atoms with Crippen molar-refractivity contribution in [3.05, 3.63) is 0 Å². The van der Waals surface area contributed by atoms with Crippen molar-refractivity contribution in [2.45, 2.75) is 99.0 Å². The van der Waals surface area contributed by atoms with E-state index >= 15 is 0 Å². The fourth-order valence-corrected chi connectivity index (χ4v) is 3.97. The molecule has 15 heteroatoms. The van der Waals surface area contributed by atoms with Crippen LogP contribution in [0.1, 0.15) is 6.92 Å². The summed E-state index contributed by atoms with van der Waals surface area (Å²) >= 11 is 0. The topological polar surface area (TPSA) is 248 Å². The van der Waals surface area contributed by atoms with Crippen molar-refractivity contribution in [1.82, 2.24) is 0 Å². The van der Waals surface area contributed by atoms with E-state index in [0.717, 1.165) is 0 Å². The Balaban J connectivity index is 1.82. The molecule has 194 valence electrons. The van der Waals surface area contributed by atoms with Crippen LogP contribution >= 0.6 is 0 Å². The second-order valence-electron chi connectivity index (χ2n) is 8.32. The first kappa shape index (κ1) is 27.0. The second kappa shape index (κ2) is 11.0. The van der Waals surface area contributed by atoms with E-state index in [2.05, 4.69) is 0 Å². The van der Waals surface area contributed by atoms with Crippen LogP contribution in [0.3, 0.4) is 0 Å². The number of aliphatic hydroxyl groups is 10. The number of rotatable bonds is 6. The van der Waals surface area contributed by atoms with E-state index in [1.54, 1.807) is 0 Å². The lowest BCUT2D eigenvalue weighted by Gasteiger charge is -2.48. The van der Waals surface area contributed by atoms with E-state index in [4.69, 9.17) is 23.7 Å². The van der Waals surface area contributed by atoms with E-state index in [1.165, 1.54) is 6.92 Å². The van der Waals surface area contributed by atoms with Gasteiger partial charge < -0.3 is 74.7 Å².